The predicted octanol–water partition coefficient (Wildman–Crippen LogP) is 4.40. The summed E-state index contributed by atoms with van der Waals surface area (Å²) in [5, 5.41) is 3.10. The second-order valence-corrected chi connectivity index (χ2v) is 8.33. The number of anilines is 1. The van der Waals surface area contributed by atoms with Crippen molar-refractivity contribution in [2.75, 3.05) is 19.0 Å². The van der Waals surface area contributed by atoms with Gasteiger partial charge in [-0.3, -0.25) is 10.1 Å². The number of carbonyl (C=O) groups excluding carboxylic acids is 2. The number of methoxy groups -OCH3 is 1. The Hall–Kier alpha value is -2.93. The van der Waals surface area contributed by atoms with E-state index >= 15 is 0 Å². The lowest BCUT2D eigenvalue weighted by atomic mass is 9.87. The van der Waals surface area contributed by atoms with Gasteiger partial charge in [-0.2, -0.15) is 0 Å². The SMILES string of the molecule is COc1ccc2nc(NC(=O)COC(=O)c3ccc(C(C)(C)C)cc3)sc2c1. The van der Waals surface area contributed by atoms with Crippen LogP contribution in [0.1, 0.15) is 36.7 Å². The van der Waals surface area contributed by atoms with Crippen molar-refractivity contribution in [1.29, 1.82) is 0 Å². The molecule has 0 unspecified atom stereocenters. The first-order chi connectivity index (χ1) is 13.3. The molecule has 7 heteroatoms. The molecule has 0 fully saturated rings. The minimum Gasteiger partial charge on any atom is -0.497 e. The van der Waals surface area contributed by atoms with Gasteiger partial charge in [0.1, 0.15) is 5.75 Å². The molecule has 3 rings (SSSR count). The first kappa shape index (κ1) is 19.8. The van der Waals surface area contributed by atoms with Gasteiger partial charge in [0, 0.05) is 0 Å². The summed E-state index contributed by atoms with van der Waals surface area (Å²) in [6, 6.07) is 12.7. The molecule has 0 aliphatic rings. The first-order valence-corrected chi connectivity index (χ1v) is 9.60. The Balaban J connectivity index is 1.57. The Bertz CT molecular complexity index is 1000. The molecule has 28 heavy (non-hydrogen) atoms. The zero-order valence-corrected chi connectivity index (χ0v) is 17.1. The lowest BCUT2D eigenvalue weighted by Gasteiger charge is -2.18. The van der Waals surface area contributed by atoms with E-state index in [9.17, 15) is 9.59 Å². The molecule has 0 spiro atoms. The number of carbonyl (C=O) groups is 2. The number of benzene rings is 2. The van der Waals surface area contributed by atoms with Crippen LogP contribution in [0.5, 0.6) is 5.75 Å². The van der Waals surface area contributed by atoms with Crippen LogP contribution in [0.4, 0.5) is 5.13 Å². The number of nitrogens with one attached hydrogen (secondary N) is 1. The predicted molar refractivity (Wildman–Crippen MR) is 110 cm³/mol. The molecule has 1 N–H and O–H groups in total. The van der Waals surface area contributed by atoms with Gasteiger partial charge < -0.3 is 9.47 Å². The van der Waals surface area contributed by atoms with E-state index in [1.54, 1.807) is 25.3 Å². The number of fused-ring (bicyclic) bond motifs is 1. The Kier molecular flexibility index (Phi) is 5.65. The van der Waals surface area contributed by atoms with Crippen molar-refractivity contribution in [3.05, 3.63) is 53.6 Å². The summed E-state index contributed by atoms with van der Waals surface area (Å²) in [5.74, 6) is -0.254. The highest BCUT2D eigenvalue weighted by atomic mass is 32.1. The van der Waals surface area contributed by atoms with Gasteiger partial charge in [-0.25, -0.2) is 9.78 Å². The molecule has 0 bridgehead atoms. The lowest BCUT2D eigenvalue weighted by molar-refractivity contribution is -0.119. The Morgan fingerprint density at radius 3 is 2.46 bits per heavy atom. The Labute approximate surface area is 167 Å². The molecule has 0 saturated heterocycles. The Morgan fingerprint density at radius 2 is 1.82 bits per heavy atom. The summed E-state index contributed by atoms with van der Waals surface area (Å²) in [6.45, 7) is 5.92. The fraction of sp³-hybridized carbons (Fsp3) is 0.286. The number of amides is 1. The van der Waals surface area contributed by atoms with Crippen LogP contribution in [0.25, 0.3) is 10.2 Å². The topological polar surface area (TPSA) is 77.5 Å². The van der Waals surface area contributed by atoms with E-state index in [0.717, 1.165) is 21.5 Å². The van der Waals surface area contributed by atoms with Crippen LogP contribution in [0, 0.1) is 0 Å². The molecule has 146 valence electrons. The van der Waals surface area contributed by atoms with E-state index in [0.29, 0.717) is 10.7 Å². The van der Waals surface area contributed by atoms with Gasteiger partial charge in [0.2, 0.25) is 0 Å². The normalized spacial score (nSPS) is 11.3. The molecule has 0 aliphatic carbocycles. The fourth-order valence-electron chi connectivity index (χ4n) is 2.56. The van der Waals surface area contributed by atoms with E-state index in [2.05, 4.69) is 31.1 Å². The van der Waals surface area contributed by atoms with Crippen molar-refractivity contribution >= 4 is 38.6 Å². The zero-order chi connectivity index (χ0) is 20.3. The average molecular weight is 398 g/mol. The van der Waals surface area contributed by atoms with Gasteiger partial charge in [-0.15, -0.1) is 0 Å². The molecule has 0 saturated carbocycles. The van der Waals surface area contributed by atoms with Crippen LogP contribution < -0.4 is 10.1 Å². The molecule has 3 aromatic rings. The monoisotopic (exact) mass is 398 g/mol. The average Bonchev–Trinajstić information content (AvgIpc) is 3.06. The molecule has 6 nitrogen and oxygen atoms in total. The summed E-state index contributed by atoms with van der Waals surface area (Å²) in [7, 11) is 1.59. The molecule has 2 aromatic carbocycles. The number of nitrogens with zero attached hydrogens (tertiary/aromatic N) is 1. The number of esters is 1. The van der Waals surface area contributed by atoms with Gasteiger partial charge in [0.25, 0.3) is 5.91 Å². The molecular formula is C21H22N2O4S. The number of hydrogen-bond donors (Lipinski definition) is 1. The number of ether oxygens (including phenoxy) is 2. The van der Waals surface area contributed by atoms with Crippen LogP contribution in [0.2, 0.25) is 0 Å². The van der Waals surface area contributed by atoms with E-state index in [4.69, 9.17) is 9.47 Å². The molecule has 1 heterocycles. The summed E-state index contributed by atoms with van der Waals surface area (Å²) in [6.07, 6.45) is 0. The maximum absolute atomic E-state index is 12.1. The second kappa shape index (κ2) is 7.98. The molecule has 0 atom stereocenters. The van der Waals surface area contributed by atoms with Crippen LogP contribution in [-0.4, -0.2) is 30.6 Å². The van der Waals surface area contributed by atoms with Gasteiger partial charge in [-0.1, -0.05) is 44.2 Å². The van der Waals surface area contributed by atoms with Crippen molar-refractivity contribution in [2.45, 2.75) is 26.2 Å². The third kappa shape index (κ3) is 4.67. The largest absolute Gasteiger partial charge is 0.497 e. The minimum absolute atomic E-state index is 0.00356. The van der Waals surface area contributed by atoms with Crippen molar-refractivity contribution < 1.29 is 19.1 Å². The smallest absolute Gasteiger partial charge is 0.338 e. The highest BCUT2D eigenvalue weighted by Crippen LogP contribution is 2.29. The van der Waals surface area contributed by atoms with Gasteiger partial charge >= 0.3 is 5.97 Å². The van der Waals surface area contributed by atoms with Gasteiger partial charge in [0.15, 0.2) is 11.7 Å². The standard InChI is InChI=1S/C21H22N2O4S/c1-21(2,3)14-7-5-13(6-8-14)19(25)27-12-18(24)23-20-22-16-10-9-15(26-4)11-17(16)28-20/h5-11H,12H2,1-4H3,(H,22,23,24). The fourth-order valence-corrected chi connectivity index (χ4v) is 3.47. The van der Waals surface area contributed by atoms with E-state index < -0.39 is 11.9 Å². The highest BCUT2D eigenvalue weighted by molar-refractivity contribution is 7.22. The molecule has 1 amide bonds. The molecule has 0 radical (unpaired) electrons. The van der Waals surface area contributed by atoms with Crippen molar-refractivity contribution in [2.24, 2.45) is 0 Å². The minimum atomic E-state index is -0.537. The molecular weight excluding hydrogens is 376 g/mol. The van der Waals surface area contributed by atoms with E-state index in [1.807, 2.05) is 24.3 Å². The zero-order valence-electron chi connectivity index (χ0n) is 16.2. The van der Waals surface area contributed by atoms with Crippen LogP contribution in [0.15, 0.2) is 42.5 Å². The summed E-state index contributed by atoms with van der Waals surface area (Å²) >= 11 is 1.33. The summed E-state index contributed by atoms with van der Waals surface area (Å²) in [4.78, 5) is 28.6. The highest BCUT2D eigenvalue weighted by Gasteiger charge is 2.16. The van der Waals surface area contributed by atoms with Crippen LogP contribution in [-0.2, 0) is 14.9 Å². The molecule has 0 aliphatic heterocycles. The first-order valence-electron chi connectivity index (χ1n) is 8.78. The molecule has 1 aromatic heterocycles. The van der Waals surface area contributed by atoms with Crippen LogP contribution in [0.3, 0.4) is 0 Å². The van der Waals surface area contributed by atoms with E-state index in [1.165, 1.54) is 11.3 Å². The number of hydrogen-bond acceptors (Lipinski definition) is 6. The summed E-state index contributed by atoms with van der Waals surface area (Å²) < 4.78 is 11.2. The van der Waals surface area contributed by atoms with Crippen LogP contribution >= 0.6 is 11.3 Å². The van der Waals surface area contributed by atoms with Crippen molar-refractivity contribution in [3.8, 4) is 5.75 Å². The lowest BCUT2D eigenvalue weighted by Crippen LogP contribution is -2.21. The maximum Gasteiger partial charge on any atom is 0.338 e. The Morgan fingerprint density at radius 1 is 1.11 bits per heavy atom. The van der Waals surface area contributed by atoms with Gasteiger partial charge in [0.05, 0.1) is 22.9 Å². The quantitative estimate of drug-likeness (QED) is 0.645. The van der Waals surface area contributed by atoms with Gasteiger partial charge in [-0.05, 0) is 41.3 Å². The third-order valence-electron chi connectivity index (χ3n) is 4.16. The van der Waals surface area contributed by atoms with E-state index in [-0.39, 0.29) is 12.0 Å². The summed E-state index contributed by atoms with van der Waals surface area (Å²) in [5.41, 5.74) is 2.29. The second-order valence-electron chi connectivity index (χ2n) is 7.30. The number of rotatable bonds is 5. The van der Waals surface area contributed by atoms with Crippen molar-refractivity contribution in [3.63, 3.8) is 0 Å². The number of aromatic nitrogens is 1. The number of thiazole rings is 1. The third-order valence-corrected chi connectivity index (χ3v) is 5.10. The maximum atomic E-state index is 12.1. The van der Waals surface area contributed by atoms with Crippen molar-refractivity contribution in [1.82, 2.24) is 4.98 Å².